The summed E-state index contributed by atoms with van der Waals surface area (Å²) < 4.78 is 4.55. The van der Waals surface area contributed by atoms with Gasteiger partial charge in [0.15, 0.2) is 5.78 Å². The lowest BCUT2D eigenvalue weighted by Gasteiger charge is -2.32. The Kier molecular flexibility index (Phi) is 6.94. The molecule has 1 aliphatic rings. The van der Waals surface area contributed by atoms with E-state index in [4.69, 9.17) is 0 Å². The number of allylic oxidation sites excluding steroid dienone is 2. The number of rotatable bonds is 6. The summed E-state index contributed by atoms with van der Waals surface area (Å²) in [5.41, 5.74) is 0.491. The van der Waals surface area contributed by atoms with E-state index in [0.717, 1.165) is 0 Å². The summed E-state index contributed by atoms with van der Waals surface area (Å²) in [4.78, 5) is 28.2. The predicted octanol–water partition coefficient (Wildman–Crippen LogP) is 2.35. The fourth-order valence-corrected chi connectivity index (χ4v) is 2.65. The summed E-state index contributed by atoms with van der Waals surface area (Å²) in [6, 6.07) is -0.296. The van der Waals surface area contributed by atoms with E-state index in [1.54, 1.807) is 0 Å². The fourth-order valence-electron chi connectivity index (χ4n) is 2.65. The first kappa shape index (κ1) is 19.4. The number of hydrogen-bond donors (Lipinski definition) is 2. The van der Waals surface area contributed by atoms with Crippen molar-refractivity contribution in [2.45, 2.75) is 58.9 Å². The van der Waals surface area contributed by atoms with Crippen molar-refractivity contribution in [2.75, 3.05) is 13.7 Å². The van der Waals surface area contributed by atoms with Gasteiger partial charge in [-0.2, -0.15) is 0 Å². The standard InChI is InChI=1S/C17H27NO5/c1-5-11(10-19)18-12-8-17(2,3)9-14(21)16(12)13(20)6-7-15(22)23-4/h11,19-20H,5-10H2,1-4H3/b16-13+,18-12?. The molecular weight excluding hydrogens is 298 g/mol. The lowest BCUT2D eigenvalue weighted by molar-refractivity contribution is -0.140. The maximum absolute atomic E-state index is 12.5. The second-order valence-corrected chi connectivity index (χ2v) is 6.66. The van der Waals surface area contributed by atoms with E-state index in [2.05, 4.69) is 9.73 Å². The Morgan fingerprint density at radius 3 is 2.52 bits per heavy atom. The molecule has 0 amide bonds. The lowest BCUT2D eigenvalue weighted by atomic mass is 9.73. The molecule has 0 spiro atoms. The van der Waals surface area contributed by atoms with Crippen molar-refractivity contribution in [3.63, 3.8) is 0 Å². The van der Waals surface area contributed by atoms with Gasteiger partial charge in [-0.25, -0.2) is 0 Å². The van der Waals surface area contributed by atoms with Crippen molar-refractivity contribution in [3.05, 3.63) is 11.3 Å². The first-order valence-corrected chi connectivity index (χ1v) is 7.94. The molecule has 1 aliphatic carbocycles. The Morgan fingerprint density at radius 1 is 1.35 bits per heavy atom. The largest absolute Gasteiger partial charge is 0.511 e. The van der Waals surface area contributed by atoms with Crippen LogP contribution in [0, 0.1) is 5.41 Å². The monoisotopic (exact) mass is 325 g/mol. The number of hydrogen-bond acceptors (Lipinski definition) is 6. The Labute approximate surface area is 137 Å². The van der Waals surface area contributed by atoms with Gasteiger partial charge in [0.05, 0.1) is 31.8 Å². The summed E-state index contributed by atoms with van der Waals surface area (Å²) in [6.07, 6.45) is 1.56. The van der Waals surface area contributed by atoms with Crippen molar-refractivity contribution in [1.82, 2.24) is 0 Å². The topological polar surface area (TPSA) is 96.2 Å². The van der Waals surface area contributed by atoms with Crippen LogP contribution in [0.3, 0.4) is 0 Å². The van der Waals surface area contributed by atoms with Crippen LogP contribution in [-0.2, 0) is 14.3 Å². The minimum absolute atomic E-state index is 0.00694. The molecule has 0 heterocycles. The number of aliphatic hydroxyl groups excluding tert-OH is 2. The number of carbonyl (C=O) groups excluding carboxylic acids is 2. The highest BCUT2D eigenvalue weighted by Gasteiger charge is 2.36. The van der Waals surface area contributed by atoms with Gasteiger partial charge < -0.3 is 14.9 Å². The molecule has 1 unspecified atom stereocenters. The molecule has 0 radical (unpaired) electrons. The molecule has 2 N–H and O–H groups in total. The molecule has 1 saturated carbocycles. The van der Waals surface area contributed by atoms with Crippen molar-refractivity contribution in [1.29, 1.82) is 0 Å². The molecule has 0 aliphatic heterocycles. The molecule has 0 aromatic rings. The Hall–Kier alpha value is -1.69. The summed E-state index contributed by atoms with van der Waals surface area (Å²) in [5.74, 6) is -0.737. The molecule has 6 nitrogen and oxygen atoms in total. The van der Waals surface area contributed by atoms with E-state index in [9.17, 15) is 19.8 Å². The molecule has 1 atom stereocenters. The number of aliphatic imine (C=N–C) groups is 1. The first-order chi connectivity index (χ1) is 10.7. The highest BCUT2D eigenvalue weighted by molar-refractivity contribution is 6.24. The van der Waals surface area contributed by atoms with Gasteiger partial charge in [-0.1, -0.05) is 20.8 Å². The first-order valence-electron chi connectivity index (χ1n) is 7.94. The highest BCUT2D eigenvalue weighted by atomic mass is 16.5. The molecule has 0 bridgehead atoms. The second-order valence-electron chi connectivity index (χ2n) is 6.66. The van der Waals surface area contributed by atoms with Crippen molar-refractivity contribution >= 4 is 17.5 Å². The summed E-state index contributed by atoms with van der Waals surface area (Å²) >= 11 is 0. The van der Waals surface area contributed by atoms with Gasteiger partial charge in [0.25, 0.3) is 0 Å². The van der Waals surface area contributed by atoms with Crippen molar-refractivity contribution < 1.29 is 24.5 Å². The number of Topliss-reactive ketones (excluding diaryl/α,β-unsaturated/α-hetero) is 1. The molecule has 1 rings (SSSR count). The van der Waals surface area contributed by atoms with E-state index >= 15 is 0 Å². The van der Waals surface area contributed by atoms with Crippen LogP contribution in [0.5, 0.6) is 0 Å². The lowest BCUT2D eigenvalue weighted by Crippen LogP contribution is -2.33. The van der Waals surface area contributed by atoms with Gasteiger partial charge in [0, 0.05) is 18.6 Å². The Bertz CT molecular complexity index is 515. The zero-order valence-electron chi connectivity index (χ0n) is 14.4. The minimum Gasteiger partial charge on any atom is -0.511 e. The minimum atomic E-state index is -0.444. The molecule has 0 aromatic carbocycles. The average Bonchev–Trinajstić information content (AvgIpc) is 2.48. The quantitative estimate of drug-likeness (QED) is 0.444. The van der Waals surface area contributed by atoms with E-state index in [1.165, 1.54) is 7.11 Å². The number of carbonyl (C=O) groups is 2. The molecular formula is C17H27NO5. The van der Waals surface area contributed by atoms with Gasteiger partial charge in [0.2, 0.25) is 0 Å². The number of methoxy groups -OCH3 is 1. The van der Waals surface area contributed by atoms with Gasteiger partial charge in [-0.05, 0) is 18.3 Å². The van der Waals surface area contributed by atoms with Crippen LogP contribution in [0.25, 0.3) is 0 Å². The van der Waals surface area contributed by atoms with E-state index in [-0.39, 0.29) is 48.0 Å². The zero-order chi connectivity index (χ0) is 17.6. The van der Waals surface area contributed by atoms with Crippen LogP contribution in [0.1, 0.15) is 52.9 Å². The van der Waals surface area contributed by atoms with Crippen molar-refractivity contribution in [3.8, 4) is 0 Å². The normalized spacial score (nSPS) is 22.8. The van der Waals surface area contributed by atoms with Crippen LogP contribution in [-0.4, -0.2) is 47.4 Å². The Morgan fingerprint density at radius 2 is 2.00 bits per heavy atom. The number of nitrogens with zero attached hydrogens (tertiary/aromatic N) is 1. The summed E-state index contributed by atoms with van der Waals surface area (Å²) in [6.45, 7) is 5.75. The van der Waals surface area contributed by atoms with Crippen LogP contribution >= 0.6 is 0 Å². The molecule has 6 heteroatoms. The highest BCUT2D eigenvalue weighted by Crippen LogP contribution is 2.36. The fraction of sp³-hybridized carbons (Fsp3) is 0.706. The van der Waals surface area contributed by atoms with Crippen LogP contribution in [0.2, 0.25) is 0 Å². The number of aliphatic hydroxyl groups is 2. The number of ketones is 1. The molecule has 0 saturated heterocycles. The molecule has 130 valence electrons. The van der Waals surface area contributed by atoms with Gasteiger partial charge >= 0.3 is 5.97 Å². The van der Waals surface area contributed by atoms with Crippen molar-refractivity contribution in [2.24, 2.45) is 10.4 Å². The average molecular weight is 325 g/mol. The molecule has 23 heavy (non-hydrogen) atoms. The number of esters is 1. The summed E-state index contributed by atoms with van der Waals surface area (Å²) in [5, 5.41) is 19.6. The maximum atomic E-state index is 12.5. The van der Waals surface area contributed by atoms with E-state index < -0.39 is 5.97 Å². The third-order valence-electron chi connectivity index (χ3n) is 3.96. The van der Waals surface area contributed by atoms with Gasteiger partial charge in [-0.15, -0.1) is 0 Å². The molecule has 0 aromatic heterocycles. The smallest absolute Gasteiger partial charge is 0.305 e. The third-order valence-corrected chi connectivity index (χ3v) is 3.96. The van der Waals surface area contributed by atoms with Gasteiger partial charge in [0.1, 0.15) is 5.76 Å². The van der Waals surface area contributed by atoms with E-state index in [0.29, 0.717) is 25.0 Å². The second kappa shape index (κ2) is 8.24. The maximum Gasteiger partial charge on any atom is 0.305 e. The Balaban J connectivity index is 3.16. The van der Waals surface area contributed by atoms with Gasteiger partial charge in [-0.3, -0.25) is 14.6 Å². The third kappa shape index (κ3) is 5.46. The van der Waals surface area contributed by atoms with Crippen LogP contribution in [0.15, 0.2) is 16.3 Å². The molecule has 1 fully saturated rings. The van der Waals surface area contributed by atoms with E-state index in [1.807, 2.05) is 20.8 Å². The summed E-state index contributed by atoms with van der Waals surface area (Å²) in [7, 11) is 1.28. The number of ether oxygens (including phenoxy) is 1. The SMILES string of the molecule is CCC(CO)N=C1CC(C)(C)CC(=O)/C1=C(/O)CCC(=O)OC. The zero-order valence-corrected chi connectivity index (χ0v) is 14.4. The predicted molar refractivity (Wildman–Crippen MR) is 87.5 cm³/mol. The van der Waals surface area contributed by atoms with Crippen LogP contribution < -0.4 is 0 Å². The van der Waals surface area contributed by atoms with Crippen LogP contribution in [0.4, 0.5) is 0 Å².